The molecule has 0 radical (unpaired) electrons. The highest BCUT2D eigenvalue weighted by Gasteiger charge is 2.11. The molecule has 0 bridgehead atoms. The average molecular weight is 207 g/mol. The van der Waals surface area contributed by atoms with Crippen molar-refractivity contribution in [2.75, 3.05) is 11.9 Å². The van der Waals surface area contributed by atoms with Gasteiger partial charge in [0.15, 0.2) is 0 Å². The van der Waals surface area contributed by atoms with Crippen molar-refractivity contribution in [1.29, 1.82) is 0 Å². The Labute approximate surface area is 92.3 Å². The van der Waals surface area contributed by atoms with Crippen LogP contribution in [0.2, 0.25) is 0 Å². The summed E-state index contributed by atoms with van der Waals surface area (Å²) < 4.78 is 0. The molecule has 1 aromatic carbocycles. The summed E-state index contributed by atoms with van der Waals surface area (Å²) >= 11 is 0. The normalized spacial score (nSPS) is 11.5. The molecule has 0 aliphatic heterocycles. The molecular formula is C13H21NO. The Morgan fingerprint density at radius 2 is 1.80 bits per heavy atom. The van der Waals surface area contributed by atoms with E-state index < -0.39 is 5.60 Å². The van der Waals surface area contributed by atoms with Crippen LogP contribution in [-0.2, 0) is 6.42 Å². The van der Waals surface area contributed by atoms with Gasteiger partial charge in [-0.2, -0.15) is 0 Å². The van der Waals surface area contributed by atoms with Crippen molar-refractivity contribution in [1.82, 2.24) is 0 Å². The van der Waals surface area contributed by atoms with E-state index in [1.54, 1.807) is 13.8 Å². The van der Waals surface area contributed by atoms with Crippen LogP contribution < -0.4 is 5.32 Å². The van der Waals surface area contributed by atoms with Crippen LogP contribution in [-0.4, -0.2) is 17.3 Å². The van der Waals surface area contributed by atoms with Gasteiger partial charge in [0.25, 0.3) is 0 Å². The Morgan fingerprint density at radius 1 is 1.20 bits per heavy atom. The summed E-state index contributed by atoms with van der Waals surface area (Å²) in [5, 5.41) is 12.8. The smallest absolute Gasteiger partial charge is 0.0763 e. The van der Waals surface area contributed by atoms with Crippen molar-refractivity contribution in [3.05, 3.63) is 29.8 Å². The maximum Gasteiger partial charge on any atom is 0.0763 e. The highest BCUT2D eigenvalue weighted by Crippen LogP contribution is 2.12. The topological polar surface area (TPSA) is 32.3 Å². The minimum absolute atomic E-state index is 0.570. The lowest BCUT2D eigenvalue weighted by Crippen LogP contribution is -2.29. The fourth-order valence-electron chi connectivity index (χ4n) is 1.40. The minimum Gasteiger partial charge on any atom is -0.389 e. The molecular weight excluding hydrogens is 186 g/mol. The van der Waals surface area contributed by atoms with E-state index >= 15 is 0 Å². The average Bonchev–Trinajstić information content (AvgIpc) is 2.16. The third kappa shape index (κ3) is 4.84. The number of hydrogen-bond acceptors (Lipinski definition) is 2. The van der Waals surface area contributed by atoms with Gasteiger partial charge >= 0.3 is 0 Å². The van der Waals surface area contributed by atoms with E-state index in [9.17, 15) is 5.11 Å². The Bertz CT molecular complexity index is 284. The summed E-state index contributed by atoms with van der Waals surface area (Å²) in [6.07, 6.45) is 2.31. The molecule has 1 rings (SSSR count). The number of anilines is 1. The Hall–Kier alpha value is -1.02. The summed E-state index contributed by atoms with van der Waals surface area (Å²) in [7, 11) is 0. The molecule has 2 N–H and O–H groups in total. The Morgan fingerprint density at radius 3 is 2.27 bits per heavy atom. The summed E-state index contributed by atoms with van der Waals surface area (Å²) in [5.74, 6) is 0. The van der Waals surface area contributed by atoms with Gasteiger partial charge in [0.1, 0.15) is 0 Å². The molecule has 2 nitrogen and oxygen atoms in total. The largest absolute Gasteiger partial charge is 0.389 e. The first kappa shape index (κ1) is 12.1. The van der Waals surface area contributed by atoms with Gasteiger partial charge in [-0.15, -0.1) is 0 Å². The van der Waals surface area contributed by atoms with Gasteiger partial charge in [-0.3, -0.25) is 0 Å². The Kier molecular flexibility index (Phi) is 4.15. The van der Waals surface area contributed by atoms with Crippen molar-refractivity contribution >= 4 is 5.69 Å². The van der Waals surface area contributed by atoms with Crippen LogP contribution in [0, 0.1) is 0 Å². The Balaban J connectivity index is 2.50. The maximum atomic E-state index is 9.56. The molecule has 15 heavy (non-hydrogen) atoms. The van der Waals surface area contributed by atoms with Crippen molar-refractivity contribution < 1.29 is 5.11 Å². The number of aryl methyl sites for hydroxylation is 1. The van der Waals surface area contributed by atoms with Gasteiger partial charge in [-0.25, -0.2) is 0 Å². The molecule has 0 saturated carbocycles. The van der Waals surface area contributed by atoms with E-state index in [1.165, 1.54) is 12.0 Å². The monoisotopic (exact) mass is 207 g/mol. The first-order valence-electron chi connectivity index (χ1n) is 5.56. The van der Waals surface area contributed by atoms with Crippen molar-refractivity contribution in [2.24, 2.45) is 0 Å². The van der Waals surface area contributed by atoms with Crippen LogP contribution in [0.3, 0.4) is 0 Å². The van der Waals surface area contributed by atoms with Crippen molar-refractivity contribution in [3.63, 3.8) is 0 Å². The zero-order chi connectivity index (χ0) is 11.3. The van der Waals surface area contributed by atoms with E-state index in [0.29, 0.717) is 6.54 Å². The summed E-state index contributed by atoms with van der Waals surface area (Å²) in [6.45, 7) is 6.34. The van der Waals surface area contributed by atoms with Gasteiger partial charge in [-0.05, 0) is 38.0 Å². The lowest BCUT2D eigenvalue weighted by Gasteiger charge is -2.18. The number of aliphatic hydroxyl groups is 1. The minimum atomic E-state index is -0.665. The van der Waals surface area contributed by atoms with E-state index in [1.807, 2.05) is 0 Å². The van der Waals surface area contributed by atoms with Gasteiger partial charge in [0.05, 0.1) is 5.60 Å². The van der Waals surface area contributed by atoms with Crippen molar-refractivity contribution in [2.45, 2.75) is 39.2 Å². The summed E-state index contributed by atoms with van der Waals surface area (Å²) in [4.78, 5) is 0. The van der Waals surface area contributed by atoms with Crippen LogP contribution in [0.25, 0.3) is 0 Å². The van der Waals surface area contributed by atoms with Crippen LogP contribution in [0.5, 0.6) is 0 Å². The predicted molar refractivity (Wildman–Crippen MR) is 65.2 cm³/mol. The molecule has 1 aromatic rings. The zero-order valence-corrected chi connectivity index (χ0v) is 9.88. The van der Waals surface area contributed by atoms with Crippen LogP contribution in [0.4, 0.5) is 5.69 Å². The highest BCUT2D eigenvalue weighted by molar-refractivity contribution is 5.44. The lowest BCUT2D eigenvalue weighted by atomic mass is 10.1. The van der Waals surface area contributed by atoms with Gasteiger partial charge in [-0.1, -0.05) is 25.5 Å². The molecule has 0 aromatic heterocycles. The molecule has 0 unspecified atom stereocenters. The lowest BCUT2D eigenvalue weighted by molar-refractivity contribution is 0.0945. The zero-order valence-electron chi connectivity index (χ0n) is 9.88. The van der Waals surface area contributed by atoms with E-state index in [0.717, 1.165) is 12.1 Å². The molecule has 2 heteroatoms. The van der Waals surface area contributed by atoms with Crippen LogP contribution >= 0.6 is 0 Å². The van der Waals surface area contributed by atoms with Gasteiger partial charge in [0.2, 0.25) is 0 Å². The molecule has 0 amide bonds. The van der Waals surface area contributed by atoms with Crippen LogP contribution in [0.1, 0.15) is 32.8 Å². The third-order valence-corrected chi connectivity index (χ3v) is 2.22. The molecule has 0 aliphatic rings. The van der Waals surface area contributed by atoms with E-state index in [-0.39, 0.29) is 0 Å². The fourth-order valence-corrected chi connectivity index (χ4v) is 1.40. The SMILES string of the molecule is CCCc1ccc(NCC(C)(C)O)cc1. The fraction of sp³-hybridized carbons (Fsp3) is 0.538. The maximum absolute atomic E-state index is 9.56. The molecule has 0 heterocycles. The van der Waals surface area contributed by atoms with Crippen molar-refractivity contribution in [3.8, 4) is 0 Å². The second kappa shape index (κ2) is 5.17. The molecule has 0 atom stereocenters. The second-order valence-electron chi connectivity index (χ2n) is 4.61. The first-order valence-corrected chi connectivity index (χ1v) is 5.56. The predicted octanol–water partition coefficient (Wildman–Crippen LogP) is 2.82. The van der Waals surface area contributed by atoms with E-state index in [4.69, 9.17) is 0 Å². The first-order chi connectivity index (χ1) is 7.01. The van der Waals surface area contributed by atoms with Gasteiger partial charge in [0, 0.05) is 12.2 Å². The molecule has 0 fully saturated rings. The molecule has 0 saturated heterocycles. The summed E-state index contributed by atoms with van der Waals surface area (Å²) in [5.41, 5.74) is 1.77. The number of benzene rings is 1. The number of rotatable bonds is 5. The third-order valence-electron chi connectivity index (χ3n) is 2.22. The quantitative estimate of drug-likeness (QED) is 0.778. The molecule has 0 spiro atoms. The molecule has 84 valence electrons. The highest BCUT2D eigenvalue weighted by atomic mass is 16.3. The second-order valence-corrected chi connectivity index (χ2v) is 4.61. The number of nitrogens with one attached hydrogen (secondary N) is 1. The standard InChI is InChI=1S/C13H21NO/c1-4-5-11-6-8-12(9-7-11)14-10-13(2,3)15/h6-9,14-15H,4-5,10H2,1-3H3. The summed E-state index contributed by atoms with van der Waals surface area (Å²) in [6, 6.07) is 8.40. The van der Waals surface area contributed by atoms with Crippen LogP contribution in [0.15, 0.2) is 24.3 Å². The molecule has 0 aliphatic carbocycles. The van der Waals surface area contributed by atoms with E-state index in [2.05, 4.69) is 36.5 Å². The number of hydrogen-bond donors (Lipinski definition) is 2. The van der Waals surface area contributed by atoms with Gasteiger partial charge < -0.3 is 10.4 Å².